The van der Waals surface area contributed by atoms with Gasteiger partial charge < -0.3 is 19.6 Å². The molecule has 0 radical (unpaired) electrons. The topological polar surface area (TPSA) is 84.2 Å². The molecule has 1 aliphatic rings. The Bertz CT molecular complexity index is 954. The number of methoxy groups -OCH3 is 1. The summed E-state index contributed by atoms with van der Waals surface area (Å²) in [7, 11) is 5.54. The number of carbonyl (C=O) groups excluding carboxylic acids is 2. The normalized spacial score (nSPS) is 18.5. The maximum Gasteiger partial charge on any atom is 0.295 e. The molecule has 1 saturated heterocycles. The molecule has 7 heteroatoms. The van der Waals surface area contributed by atoms with E-state index in [0.29, 0.717) is 24.4 Å². The molecule has 29 heavy (non-hydrogen) atoms. The first-order valence-corrected chi connectivity index (χ1v) is 9.47. The molecule has 7 nitrogen and oxygen atoms in total. The van der Waals surface area contributed by atoms with E-state index >= 15 is 0 Å². The fraction of sp³-hybridized carbons (Fsp3) is 0.318. The summed E-state index contributed by atoms with van der Waals surface area (Å²) in [5.41, 5.74) is 2.13. The van der Waals surface area contributed by atoms with E-state index in [1.165, 1.54) is 4.90 Å². The van der Waals surface area contributed by atoms with Crippen molar-refractivity contribution in [2.45, 2.75) is 13.0 Å². The number of rotatable bonds is 6. The Morgan fingerprint density at radius 1 is 1.21 bits per heavy atom. The van der Waals surface area contributed by atoms with Gasteiger partial charge in [0.1, 0.15) is 11.5 Å². The molecule has 0 spiro atoms. The van der Waals surface area contributed by atoms with Crippen LogP contribution in [0.1, 0.15) is 22.7 Å². The van der Waals surface area contributed by atoms with Crippen LogP contribution in [-0.4, -0.2) is 61.0 Å². The summed E-state index contributed by atoms with van der Waals surface area (Å²) in [5, 5.41) is 11.0. The Hall–Kier alpha value is -3.19. The summed E-state index contributed by atoms with van der Waals surface area (Å²) < 4.78 is 5.27. The highest BCUT2D eigenvalue weighted by Gasteiger charge is 2.46. The van der Waals surface area contributed by atoms with Gasteiger partial charge in [-0.05, 0) is 48.4 Å². The molecule has 152 valence electrons. The van der Waals surface area contributed by atoms with E-state index in [0.717, 1.165) is 16.0 Å². The molecule has 0 bridgehead atoms. The van der Waals surface area contributed by atoms with Crippen molar-refractivity contribution in [3.8, 4) is 5.75 Å². The first-order valence-electron chi connectivity index (χ1n) is 9.47. The smallest absolute Gasteiger partial charge is 0.295 e. The van der Waals surface area contributed by atoms with Gasteiger partial charge in [-0.1, -0.05) is 0 Å². The zero-order chi connectivity index (χ0) is 21.1. The molecule has 1 aromatic heterocycles. The molecule has 1 aliphatic heterocycles. The summed E-state index contributed by atoms with van der Waals surface area (Å²) >= 11 is 0. The van der Waals surface area contributed by atoms with Crippen LogP contribution in [-0.2, 0) is 9.59 Å². The number of Topliss-reactive ketones (excluding diaryl/α,β-unsaturated/α-hetero) is 1. The third-order valence-corrected chi connectivity index (χ3v) is 5.08. The van der Waals surface area contributed by atoms with Crippen molar-refractivity contribution in [1.29, 1.82) is 0 Å². The SMILES string of the molecule is COc1ccc(/C(O)=C2\C(=O)C(=O)N(CC[NH+](C)C)[C@H]2c2ccncc2)cc1C. The maximum absolute atomic E-state index is 12.9. The molecule has 0 unspecified atom stereocenters. The number of benzene rings is 1. The number of pyridine rings is 1. The predicted molar refractivity (Wildman–Crippen MR) is 109 cm³/mol. The van der Waals surface area contributed by atoms with Crippen molar-refractivity contribution >= 4 is 17.4 Å². The highest BCUT2D eigenvalue weighted by Crippen LogP contribution is 2.39. The number of ether oxygens (including phenoxy) is 1. The number of nitrogens with zero attached hydrogens (tertiary/aromatic N) is 2. The van der Waals surface area contributed by atoms with Crippen molar-refractivity contribution < 1.29 is 24.3 Å². The van der Waals surface area contributed by atoms with Crippen LogP contribution in [0.5, 0.6) is 5.75 Å². The zero-order valence-corrected chi connectivity index (χ0v) is 17.1. The quantitative estimate of drug-likeness (QED) is 0.432. The van der Waals surface area contributed by atoms with E-state index in [1.54, 1.807) is 49.8 Å². The lowest BCUT2D eigenvalue weighted by molar-refractivity contribution is -0.857. The molecule has 0 aliphatic carbocycles. The molecule has 1 amide bonds. The number of aromatic nitrogens is 1. The Kier molecular flexibility index (Phi) is 5.98. The van der Waals surface area contributed by atoms with E-state index in [1.807, 2.05) is 21.0 Å². The first kappa shape index (κ1) is 20.5. The van der Waals surface area contributed by atoms with Gasteiger partial charge in [-0.15, -0.1) is 0 Å². The van der Waals surface area contributed by atoms with Crippen molar-refractivity contribution in [2.75, 3.05) is 34.3 Å². The molecule has 3 rings (SSSR count). The Morgan fingerprint density at radius 2 is 1.90 bits per heavy atom. The molecule has 1 aromatic carbocycles. The van der Waals surface area contributed by atoms with E-state index in [-0.39, 0.29) is 11.3 Å². The lowest BCUT2D eigenvalue weighted by Gasteiger charge is -2.25. The molecule has 2 heterocycles. The van der Waals surface area contributed by atoms with Crippen LogP contribution in [0.2, 0.25) is 0 Å². The maximum atomic E-state index is 12.9. The number of aliphatic hydroxyl groups is 1. The first-order chi connectivity index (χ1) is 13.8. The van der Waals surface area contributed by atoms with Gasteiger partial charge in [0, 0.05) is 18.0 Å². The number of hydrogen-bond acceptors (Lipinski definition) is 5. The standard InChI is InChI=1S/C22H25N3O4/c1-14-13-16(5-6-17(14)29-4)20(26)18-19(15-7-9-23-10-8-15)25(12-11-24(2)3)22(28)21(18)27/h5-10,13,19,26H,11-12H2,1-4H3/p+1/b20-18+/t19-/m0/s1. The van der Waals surface area contributed by atoms with Gasteiger partial charge in [-0.3, -0.25) is 14.6 Å². The van der Waals surface area contributed by atoms with Gasteiger partial charge in [0.15, 0.2) is 0 Å². The average Bonchev–Trinajstić information content (AvgIpc) is 2.97. The van der Waals surface area contributed by atoms with Crippen molar-refractivity contribution in [1.82, 2.24) is 9.88 Å². The van der Waals surface area contributed by atoms with Crippen LogP contribution >= 0.6 is 0 Å². The summed E-state index contributed by atoms with van der Waals surface area (Å²) in [4.78, 5) is 32.4. The number of ketones is 1. The number of carbonyl (C=O) groups is 2. The van der Waals surface area contributed by atoms with E-state index in [4.69, 9.17) is 4.74 Å². The summed E-state index contributed by atoms with van der Waals surface area (Å²) in [5.74, 6) is -0.774. The molecule has 2 N–H and O–H groups in total. The Labute approximate surface area is 170 Å². The monoisotopic (exact) mass is 396 g/mol. The number of likely N-dealkylation sites (tertiary alicyclic amines) is 1. The second-order valence-corrected chi connectivity index (χ2v) is 7.41. The number of quaternary nitrogens is 1. The van der Waals surface area contributed by atoms with Crippen molar-refractivity contribution in [3.63, 3.8) is 0 Å². The van der Waals surface area contributed by atoms with Gasteiger partial charge >= 0.3 is 0 Å². The van der Waals surface area contributed by atoms with Gasteiger partial charge in [-0.2, -0.15) is 0 Å². The summed E-state index contributed by atoms with van der Waals surface area (Å²) in [6.45, 7) is 2.93. The highest BCUT2D eigenvalue weighted by atomic mass is 16.5. The van der Waals surface area contributed by atoms with Gasteiger partial charge in [-0.25, -0.2) is 0 Å². The summed E-state index contributed by atoms with van der Waals surface area (Å²) in [6, 6.07) is 8.03. The molecule has 1 fully saturated rings. The minimum absolute atomic E-state index is 0.0968. The third-order valence-electron chi connectivity index (χ3n) is 5.08. The van der Waals surface area contributed by atoms with Crippen LogP contribution in [0.15, 0.2) is 48.3 Å². The fourth-order valence-electron chi connectivity index (χ4n) is 3.53. The van der Waals surface area contributed by atoms with Crippen LogP contribution in [0.4, 0.5) is 0 Å². The number of amides is 1. The lowest BCUT2D eigenvalue weighted by atomic mass is 9.95. The van der Waals surface area contributed by atoms with Crippen LogP contribution in [0.25, 0.3) is 5.76 Å². The second-order valence-electron chi connectivity index (χ2n) is 7.41. The molecular formula is C22H26N3O4+. The molecular weight excluding hydrogens is 370 g/mol. The number of aliphatic hydroxyl groups excluding tert-OH is 1. The van der Waals surface area contributed by atoms with Crippen LogP contribution in [0, 0.1) is 6.92 Å². The zero-order valence-electron chi connectivity index (χ0n) is 17.1. The van der Waals surface area contributed by atoms with Gasteiger partial charge in [0.05, 0.1) is 45.9 Å². The Morgan fingerprint density at radius 3 is 2.48 bits per heavy atom. The molecule has 0 saturated carbocycles. The lowest BCUT2D eigenvalue weighted by Crippen LogP contribution is -3.06. The third kappa shape index (κ3) is 4.00. The van der Waals surface area contributed by atoms with Gasteiger partial charge in [0.25, 0.3) is 11.7 Å². The van der Waals surface area contributed by atoms with Gasteiger partial charge in [0.2, 0.25) is 0 Å². The minimum Gasteiger partial charge on any atom is -0.507 e. The van der Waals surface area contributed by atoms with Crippen molar-refractivity contribution in [2.24, 2.45) is 0 Å². The molecule has 2 aromatic rings. The van der Waals surface area contributed by atoms with E-state index in [2.05, 4.69) is 4.98 Å². The predicted octanol–water partition coefficient (Wildman–Crippen LogP) is 0.965. The van der Waals surface area contributed by atoms with Crippen molar-refractivity contribution in [3.05, 3.63) is 65.0 Å². The number of likely N-dealkylation sites (N-methyl/N-ethyl adjacent to an activating group) is 1. The minimum atomic E-state index is -0.675. The molecule has 1 atom stereocenters. The van der Waals surface area contributed by atoms with E-state index in [9.17, 15) is 14.7 Å². The number of nitrogens with one attached hydrogen (secondary N) is 1. The van der Waals surface area contributed by atoms with Crippen LogP contribution in [0.3, 0.4) is 0 Å². The average molecular weight is 396 g/mol. The van der Waals surface area contributed by atoms with Crippen LogP contribution < -0.4 is 9.64 Å². The summed E-state index contributed by atoms with van der Waals surface area (Å²) in [6.07, 6.45) is 3.23. The van der Waals surface area contributed by atoms with E-state index < -0.39 is 17.7 Å². The fourth-order valence-corrected chi connectivity index (χ4v) is 3.53. The number of hydrogen-bond donors (Lipinski definition) is 2. The number of aryl methyl sites for hydroxylation is 1. The largest absolute Gasteiger partial charge is 0.507 e. The second kappa shape index (κ2) is 8.45. The highest BCUT2D eigenvalue weighted by molar-refractivity contribution is 6.46. The Balaban J connectivity index is 2.13.